The van der Waals surface area contributed by atoms with Crippen LogP contribution in [0.4, 0.5) is 0 Å². The van der Waals surface area contributed by atoms with E-state index in [0.29, 0.717) is 24.2 Å². The van der Waals surface area contributed by atoms with Crippen LogP contribution in [0, 0.1) is 0 Å². The first-order valence-corrected chi connectivity index (χ1v) is 6.68. The molecule has 0 aromatic rings. The summed E-state index contributed by atoms with van der Waals surface area (Å²) in [7, 11) is 0. The molecule has 3 aliphatic heterocycles. The Morgan fingerprint density at radius 1 is 1.60 bits per heavy atom. The molecule has 0 bridgehead atoms. The topological polar surface area (TPSA) is 111 Å². The number of Topliss-reactive ketones (excluding diaryl/α,β-unsaturated/α-hetero) is 1. The number of rotatable bonds is 2. The average molecular weight is 282 g/mol. The molecule has 0 aliphatic carbocycles. The summed E-state index contributed by atoms with van der Waals surface area (Å²) >= 11 is 0. The molecule has 0 aromatic heterocycles. The lowest BCUT2D eigenvalue weighted by Gasteiger charge is -2.32. The van der Waals surface area contributed by atoms with Gasteiger partial charge in [0.1, 0.15) is 30.0 Å². The third-order valence-electron chi connectivity index (χ3n) is 4.28. The fraction of sp³-hybridized carbons (Fsp3) is 0.692. The number of nitrogens with zero attached hydrogens (tertiary/aromatic N) is 1. The normalized spacial score (nSPS) is 43.9. The molecule has 3 heterocycles. The number of aliphatic imine (C=N–C) groups is 1. The van der Waals surface area contributed by atoms with E-state index in [2.05, 4.69) is 10.3 Å². The van der Waals surface area contributed by atoms with Crippen molar-refractivity contribution in [2.75, 3.05) is 13.2 Å². The molecule has 0 saturated carbocycles. The van der Waals surface area contributed by atoms with Crippen molar-refractivity contribution in [3.8, 4) is 0 Å². The quantitative estimate of drug-likeness (QED) is 0.472. The van der Waals surface area contributed by atoms with Gasteiger partial charge in [0, 0.05) is 17.8 Å². The molecule has 110 valence electrons. The van der Waals surface area contributed by atoms with Gasteiger partial charge in [-0.15, -0.1) is 0 Å². The Labute approximate surface area is 116 Å². The highest BCUT2D eigenvalue weighted by molar-refractivity contribution is 6.36. The fourth-order valence-corrected chi connectivity index (χ4v) is 3.11. The van der Waals surface area contributed by atoms with Gasteiger partial charge in [-0.25, -0.2) is 0 Å². The van der Waals surface area contributed by atoms with E-state index < -0.39 is 30.0 Å². The van der Waals surface area contributed by atoms with E-state index in [-0.39, 0.29) is 12.4 Å². The van der Waals surface area contributed by atoms with Crippen LogP contribution in [0.5, 0.6) is 0 Å². The van der Waals surface area contributed by atoms with Gasteiger partial charge in [-0.05, 0) is 13.3 Å². The van der Waals surface area contributed by atoms with Crippen LogP contribution in [0.2, 0.25) is 0 Å². The molecule has 1 fully saturated rings. The van der Waals surface area contributed by atoms with Crippen molar-refractivity contribution in [3.05, 3.63) is 11.3 Å². The Morgan fingerprint density at radius 3 is 3.00 bits per heavy atom. The molecule has 0 radical (unpaired) electrons. The second-order valence-corrected chi connectivity index (χ2v) is 5.60. The first-order chi connectivity index (χ1) is 9.46. The smallest absolute Gasteiger partial charge is 0.201 e. The van der Waals surface area contributed by atoms with E-state index in [9.17, 15) is 20.1 Å². The minimum atomic E-state index is -1.54. The number of aliphatic hydroxyl groups is 3. The monoisotopic (exact) mass is 282 g/mol. The van der Waals surface area contributed by atoms with Gasteiger partial charge in [-0.2, -0.15) is 0 Å². The van der Waals surface area contributed by atoms with Gasteiger partial charge in [-0.3, -0.25) is 9.79 Å². The van der Waals surface area contributed by atoms with Crippen LogP contribution in [0.1, 0.15) is 13.3 Å². The summed E-state index contributed by atoms with van der Waals surface area (Å²) in [5, 5.41) is 32.8. The lowest BCUT2D eigenvalue weighted by atomic mass is 9.86. The zero-order valence-corrected chi connectivity index (χ0v) is 11.1. The molecule has 5 atom stereocenters. The first kappa shape index (κ1) is 13.7. The molecule has 3 aliphatic rings. The Bertz CT molecular complexity index is 499. The highest BCUT2D eigenvalue weighted by Crippen LogP contribution is 2.37. The van der Waals surface area contributed by atoms with E-state index in [1.807, 2.05) is 0 Å². The fourth-order valence-electron chi connectivity index (χ4n) is 3.11. The van der Waals surface area contributed by atoms with Crippen LogP contribution in [0.15, 0.2) is 16.3 Å². The summed E-state index contributed by atoms with van der Waals surface area (Å²) in [6.45, 7) is 1.72. The summed E-state index contributed by atoms with van der Waals surface area (Å²) in [5.74, 6) is -0.127. The van der Waals surface area contributed by atoms with Crippen LogP contribution in [0.25, 0.3) is 0 Å². The third-order valence-corrected chi connectivity index (χ3v) is 4.28. The molecule has 3 rings (SSSR count). The highest BCUT2D eigenvalue weighted by Gasteiger charge is 2.56. The third kappa shape index (κ3) is 1.81. The van der Waals surface area contributed by atoms with Gasteiger partial charge >= 0.3 is 0 Å². The summed E-state index contributed by atoms with van der Waals surface area (Å²) in [5.41, 5.74) is -0.224. The molecule has 4 N–H and O–H groups in total. The van der Waals surface area contributed by atoms with E-state index in [1.54, 1.807) is 0 Å². The van der Waals surface area contributed by atoms with Gasteiger partial charge in [0.2, 0.25) is 5.78 Å². The zero-order valence-electron chi connectivity index (χ0n) is 11.1. The van der Waals surface area contributed by atoms with Gasteiger partial charge in [0.15, 0.2) is 0 Å². The van der Waals surface area contributed by atoms with Crippen molar-refractivity contribution in [2.24, 2.45) is 4.99 Å². The number of dihydropyridines is 1. The Morgan fingerprint density at radius 2 is 2.35 bits per heavy atom. The van der Waals surface area contributed by atoms with Crippen molar-refractivity contribution in [1.82, 2.24) is 5.32 Å². The average Bonchev–Trinajstić information content (AvgIpc) is 2.98. The van der Waals surface area contributed by atoms with Crippen LogP contribution in [-0.4, -0.2) is 70.4 Å². The molecule has 7 nitrogen and oxygen atoms in total. The number of hydrogen-bond acceptors (Lipinski definition) is 7. The van der Waals surface area contributed by atoms with Crippen molar-refractivity contribution in [1.29, 1.82) is 0 Å². The number of hydrogen-bond donors (Lipinski definition) is 4. The van der Waals surface area contributed by atoms with Crippen molar-refractivity contribution < 1.29 is 24.9 Å². The lowest BCUT2D eigenvalue weighted by Crippen LogP contribution is -2.51. The summed E-state index contributed by atoms with van der Waals surface area (Å²) in [6, 6.07) is -0.564. The SMILES string of the molecule is C[C@@]1(O)[C@H](O)[C@@H](CO)O[C@H]1C1N=CC(=O)C2=C1NCC2. The zero-order chi connectivity index (χ0) is 14.5. The second-order valence-electron chi connectivity index (χ2n) is 5.60. The van der Waals surface area contributed by atoms with Crippen LogP contribution < -0.4 is 5.32 Å². The predicted molar refractivity (Wildman–Crippen MR) is 69.3 cm³/mol. The van der Waals surface area contributed by atoms with E-state index in [0.717, 1.165) is 0 Å². The van der Waals surface area contributed by atoms with Crippen LogP contribution >= 0.6 is 0 Å². The Balaban J connectivity index is 1.93. The number of carbonyl (C=O) groups is 1. The minimum Gasteiger partial charge on any atom is -0.394 e. The van der Waals surface area contributed by atoms with Gasteiger partial charge < -0.3 is 25.4 Å². The van der Waals surface area contributed by atoms with Gasteiger partial charge in [0.25, 0.3) is 0 Å². The molecule has 7 heteroatoms. The Hall–Kier alpha value is -1.28. The van der Waals surface area contributed by atoms with Crippen LogP contribution in [-0.2, 0) is 9.53 Å². The number of ether oxygens (including phenoxy) is 1. The largest absolute Gasteiger partial charge is 0.394 e. The number of nitrogens with one attached hydrogen (secondary N) is 1. The van der Waals surface area contributed by atoms with E-state index in [1.165, 1.54) is 13.1 Å². The summed E-state index contributed by atoms with van der Waals surface area (Å²) < 4.78 is 5.57. The maximum absolute atomic E-state index is 11.7. The molecule has 1 saturated heterocycles. The number of aliphatic hydroxyl groups excluding tert-OH is 2. The second kappa shape index (κ2) is 4.63. The van der Waals surface area contributed by atoms with Crippen molar-refractivity contribution in [3.63, 3.8) is 0 Å². The minimum absolute atomic E-state index is 0.127. The molecule has 0 spiro atoms. The maximum Gasteiger partial charge on any atom is 0.201 e. The summed E-state index contributed by atoms with van der Waals surface area (Å²) in [6.07, 6.45) is -0.995. The molecular formula is C13H18N2O5. The standard InChI is InChI=1S/C13H18N2O5/c1-13(19)11(18)8(5-16)20-12(13)10-9-6(2-3-14-9)7(17)4-15-10/h4,8,10-12,14,16,18-19H,2-3,5H2,1H3/t8-,10?,11-,12+,13-/m1/s1. The molecule has 0 amide bonds. The Kier molecular flexibility index (Phi) is 3.17. The lowest BCUT2D eigenvalue weighted by molar-refractivity contribution is -0.109. The van der Waals surface area contributed by atoms with E-state index >= 15 is 0 Å². The van der Waals surface area contributed by atoms with Crippen LogP contribution in [0.3, 0.4) is 0 Å². The summed E-state index contributed by atoms with van der Waals surface area (Å²) in [4.78, 5) is 15.9. The highest BCUT2D eigenvalue weighted by atomic mass is 16.6. The molecule has 20 heavy (non-hydrogen) atoms. The van der Waals surface area contributed by atoms with Crippen molar-refractivity contribution >= 4 is 12.0 Å². The number of ketones is 1. The molecular weight excluding hydrogens is 264 g/mol. The molecule has 0 aromatic carbocycles. The van der Waals surface area contributed by atoms with Gasteiger partial charge in [0.05, 0.1) is 12.8 Å². The maximum atomic E-state index is 11.7. The van der Waals surface area contributed by atoms with E-state index in [4.69, 9.17) is 4.74 Å². The number of carbonyl (C=O) groups excluding carboxylic acids is 1. The predicted octanol–water partition coefficient (Wildman–Crippen LogP) is -1.87. The van der Waals surface area contributed by atoms with Gasteiger partial charge in [-0.1, -0.05) is 0 Å². The van der Waals surface area contributed by atoms with Crippen molar-refractivity contribution in [2.45, 2.75) is 43.3 Å². The molecule has 1 unspecified atom stereocenters. The first-order valence-electron chi connectivity index (χ1n) is 6.68.